The Kier molecular flexibility index (Phi) is 4.61. The van der Waals surface area contributed by atoms with Gasteiger partial charge in [-0.15, -0.1) is 0 Å². The highest BCUT2D eigenvalue weighted by molar-refractivity contribution is 5.96. The van der Waals surface area contributed by atoms with Gasteiger partial charge in [-0.05, 0) is 31.4 Å². The number of hydrogen-bond donors (Lipinski definition) is 2. The molecule has 1 atom stereocenters. The molecule has 2 N–H and O–H groups in total. The highest BCUT2D eigenvalue weighted by atomic mass is 16.4. The molecule has 0 aromatic heterocycles. The van der Waals surface area contributed by atoms with E-state index in [2.05, 4.69) is 28.4 Å². The number of carbonyl (C=O) groups is 2. The molecule has 5 nitrogen and oxygen atoms in total. The molecule has 20 heavy (non-hydrogen) atoms. The van der Waals surface area contributed by atoms with Crippen LogP contribution in [0.15, 0.2) is 24.3 Å². The molecule has 1 amide bonds. The normalized spacial score (nSPS) is 14.8. The highest BCUT2D eigenvalue weighted by Gasteiger charge is 2.20. The molecule has 0 saturated carbocycles. The number of hydrogen-bond acceptors (Lipinski definition) is 3. The first-order valence-electron chi connectivity index (χ1n) is 6.93. The van der Waals surface area contributed by atoms with Crippen LogP contribution < -0.4 is 10.2 Å². The lowest BCUT2D eigenvalue weighted by Gasteiger charge is -2.19. The molecular weight excluding hydrogens is 256 g/mol. The second-order valence-electron chi connectivity index (χ2n) is 5.07. The van der Waals surface area contributed by atoms with E-state index < -0.39 is 17.8 Å². The van der Waals surface area contributed by atoms with Crippen molar-refractivity contribution in [3.05, 3.63) is 29.8 Å². The van der Waals surface area contributed by atoms with E-state index in [-0.39, 0.29) is 0 Å². The second-order valence-corrected chi connectivity index (χ2v) is 5.07. The number of fused-ring (bicyclic) bond motifs is 1. The Morgan fingerprint density at radius 2 is 2.15 bits per heavy atom. The fourth-order valence-electron chi connectivity index (χ4n) is 2.39. The van der Waals surface area contributed by atoms with Crippen molar-refractivity contribution in [1.82, 2.24) is 5.32 Å². The Hall–Kier alpha value is -2.04. The molecule has 0 spiro atoms. The smallest absolute Gasteiger partial charge is 0.315 e. The molecule has 1 aromatic carbocycles. The Bertz CT molecular complexity index is 502. The van der Waals surface area contributed by atoms with E-state index in [1.165, 1.54) is 18.2 Å². The van der Waals surface area contributed by atoms with Gasteiger partial charge in [0.05, 0.1) is 0 Å². The Morgan fingerprint density at radius 3 is 2.90 bits per heavy atom. The molecule has 0 fully saturated rings. The van der Waals surface area contributed by atoms with Gasteiger partial charge in [0.15, 0.2) is 0 Å². The van der Waals surface area contributed by atoms with E-state index in [0.29, 0.717) is 6.54 Å². The van der Waals surface area contributed by atoms with Crippen molar-refractivity contribution in [2.45, 2.75) is 19.8 Å². The van der Waals surface area contributed by atoms with Gasteiger partial charge >= 0.3 is 5.97 Å². The van der Waals surface area contributed by atoms with Gasteiger partial charge < -0.3 is 15.3 Å². The number of nitrogens with one attached hydrogen (secondary N) is 1. The number of anilines is 1. The summed E-state index contributed by atoms with van der Waals surface area (Å²) in [6.07, 6.45) is 1.88. The minimum atomic E-state index is -1.09. The molecular formula is C15H20N2O3. The predicted molar refractivity (Wildman–Crippen MR) is 76.8 cm³/mol. The molecule has 1 heterocycles. The Labute approximate surface area is 118 Å². The van der Waals surface area contributed by atoms with Crippen LogP contribution in [0.2, 0.25) is 0 Å². The minimum absolute atomic E-state index is 0.417. The maximum absolute atomic E-state index is 11.5. The third kappa shape index (κ3) is 3.29. The zero-order chi connectivity index (χ0) is 14.5. The molecule has 1 unspecified atom stereocenters. The predicted octanol–water partition coefficient (Wildman–Crippen LogP) is 1.28. The molecule has 5 heteroatoms. The molecule has 0 radical (unpaired) electrons. The zero-order valence-corrected chi connectivity index (χ0v) is 11.6. The monoisotopic (exact) mass is 276 g/mol. The van der Waals surface area contributed by atoms with E-state index in [1.807, 2.05) is 6.07 Å². The van der Waals surface area contributed by atoms with Crippen LogP contribution in [0.4, 0.5) is 5.69 Å². The van der Waals surface area contributed by atoms with Crippen molar-refractivity contribution in [3.63, 3.8) is 0 Å². The van der Waals surface area contributed by atoms with Gasteiger partial charge in [-0.2, -0.15) is 0 Å². The molecule has 1 aliphatic rings. The summed E-state index contributed by atoms with van der Waals surface area (Å²) in [5.74, 6) is -2.49. The highest BCUT2D eigenvalue weighted by Crippen LogP contribution is 2.27. The summed E-state index contributed by atoms with van der Waals surface area (Å²) in [5.41, 5.74) is 2.65. The molecule has 0 bridgehead atoms. The zero-order valence-electron chi connectivity index (χ0n) is 11.6. The average Bonchev–Trinajstić information content (AvgIpc) is 2.85. The van der Waals surface area contributed by atoms with Crippen molar-refractivity contribution in [2.24, 2.45) is 5.92 Å². The first-order chi connectivity index (χ1) is 9.59. The van der Waals surface area contributed by atoms with Crippen LogP contribution in [0.3, 0.4) is 0 Å². The topological polar surface area (TPSA) is 69.6 Å². The van der Waals surface area contributed by atoms with E-state index in [4.69, 9.17) is 5.11 Å². The number of amides is 1. The van der Waals surface area contributed by atoms with Crippen molar-refractivity contribution >= 4 is 17.6 Å². The van der Waals surface area contributed by atoms with E-state index in [9.17, 15) is 9.59 Å². The van der Waals surface area contributed by atoms with Gasteiger partial charge in [0, 0.05) is 25.3 Å². The maximum Gasteiger partial charge on any atom is 0.315 e. The number of benzene rings is 1. The van der Waals surface area contributed by atoms with Crippen molar-refractivity contribution in [1.29, 1.82) is 0 Å². The van der Waals surface area contributed by atoms with Gasteiger partial charge in [-0.1, -0.05) is 18.2 Å². The summed E-state index contributed by atoms with van der Waals surface area (Å²) < 4.78 is 0. The number of carboxylic acids is 1. The molecule has 1 aliphatic heterocycles. The number of carboxylic acid groups (broad SMARTS) is 1. The fraction of sp³-hybridized carbons (Fsp3) is 0.467. The molecule has 1 aromatic rings. The largest absolute Gasteiger partial charge is 0.481 e. The van der Waals surface area contributed by atoms with Crippen molar-refractivity contribution in [2.75, 3.05) is 24.5 Å². The summed E-state index contributed by atoms with van der Waals surface area (Å²) in [7, 11) is 0. The van der Waals surface area contributed by atoms with Crippen LogP contribution in [0.1, 0.15) is 18.9 Å². The fourth-order valence-corrected chi connectivity index (χ4v) is 2.39. The average molecular weight is 276 g/mol. The van der Waals surface area contributed by atoms with Crippen LogP contribution in [-0.4, -0.2) is 36.6 Å². The van der Waals surface area contributed by atoms with Crippen LogP contribution in [0.5, 0.6) is 0 Å². The van der Waals surface area contributed by atoms with E-state index >= 15 is 0 Å². The molecule has 2 rings (SSSR count). The summed E-state index contributed by atoms with van der Waals surface area (Å²) in [5, 5.41) is 11.4. The lowest BCUT2D eigenvalue weighted by atomic mass is 10.1. The number of para-hydroxylation sites is 1. The number of carbonyl (C=O) groups excluding carboxylic acids is 1. The van der Waals surface area contributed by atoms with Crippen LogP contribution in [0.25, 0.3) is 0 Å². The quantitative estimate of drug-likeness (QED) is 0.606. The van der Waals surface area contributed by atoms with E-state index in [1.54, 1.807) is 0 Å². The van der Waals surface area contributed by atoms with Crippen LogP contribution in [-0.2, 0) is 16.0 Å². The van der Waals surface area contributed by atoms with Crippen LogP contribution in [0, 0.1) is 5.92 Å². The second kappa shape index (κ2) is 6.41. The van der Waals surface area contributed by atoms with Gasteiger partial charge in [0.1, 0.15) is 5.92 Å². The third-order valence-electron chi connectivity index (χ3n) is 3.65. The summed E-state index contributed by atoms with van der Waals surface area (Å²) >= 11 is 0. The third-order valence-corrected chi connectivity index (χ3v) is 3.65. The van der Waals surface area contributed by atoms with Gasteiger partial charge in [0.2, 0.25) is 5.91 Å². The van der Waals surface area contributed by atoms with E-state index in [0.717, 1.165) is 25.9 Å². The minimum Gasteiger partial charge on any atom is -0.481 e. The Balaban J connectivity index is 1.73. The first kappa shape index (κ1) is 14.4. The van der Waals surface area contributed by atoms with Gasteiger partial charge in [-0.25, -0.2) is 0 Å². The summed E-state index contributed by atoms with van der Waals surface area (Å²) in [6.45, 7) is 3.79. The van der Waals surface area contributed by atoms with Crippen molar-refractivity contribution < 1.29 is 14.7 Å². The number of nitrogens with zero attached hydrogens (tertiary/aromatic N) is 1. The molecule has 0 aliphatic carbocycles. The lowest BCUT2D eigenvalue weighted by molar-refractivity contribution is -0.146. The Morgan fingerprint density at radius 1 is 1.40 bits per heavy atom. The maximum atomic E-state index is 11.5. The van der Waals surface area contributed by atoms with Crippen LogP contribution >= 0.6 is 0 Å². The summed E-state index contributed by atoms with van der Waals surface area (Å²) in [4.78, 5) is 24.4. The summed E-state index contributed by atoms with van der Waals surface area (Å²) in [6, 6.07) is 8.35. The molecule has 108 valence electrons. The lowest BCUT2D eigenvalue weighted by Crippen LogP contribution is -2.35. The SMILES string of the molecule is CC(C(=O)O)C(=O)NCCCN1CCc2ccccc21. The van der Waals surface area contributed by atoms with Crippen molar-refractivity contribution in [3.8, 4) is 0 Å². The number of aliphatic carboxylic acids is 1. The van der Waals surface area contributed by atoms with Gasteiger partial charge in [-0.3, -0.25) is 9.59 Å². The number of rotatable bonds is 6. The molecule has 0 saturated heterocycles. The first-order valence-corrected chi connectivity index (χ1v) is 6.93. The van der Waals surface area contributed by atoms with Gasteiger partial charge in [0.25, 0.3) is 0 Å². The standard InChI is InChI=1S/C15H20N2O3/c1-11(15(19)20)14(18)16-8-4-9-17-10-7-12-5-2-3-6-13(12)17/h2-3,5-6,11H,4,7-10H2,1H3,(H,16,18)(H,19,20).